The van der Waals surface area contributed by atoms with Gasteiger partial charge in [0, 0.05) is 5.92 Å². The van der Waals surface area contributed by atoms with Gasteiger partial charge in [0.1, 0.15) is 5.82 Å². The molecule has 0 spiro atoms. The Labute approximate surface area is 238 Å². The Balaban J connectivity index is 1.35. The third-order valence-electron chi connectivity index (χ3n) is 8.21. The molecule has 218 valence electrons. The molecule has 40 heavy (non-hydrogen) atoms. The fraction of sp³-hybridized carbons (Fsp3) is 0.543. The van der Waals surface area contributed by atoms with Gasteiger partial charge in [-0.25, -0.2) is 13.2 Å². The van der Waals surface area contributed by atoms with E-state index in [1.807, 2.05) is 18.2 Å². The van der Waals surface area contributed by atoms with Crippen LogP contribution in [0, 0.1) is 5.82 Å². The summed E-state index contributed by atoms with van der Waals surface area (Å²) in [4.78, 5) is 0. The lowest BCUT2D eigenvalue weighted by molar-refractivity contribution is -0.190. The van der Waals surface area contributed by atoms with Gasteiger partial charge in [-0.2, -0.15) is 0 Å². The van der Waals surface area contributed by atoms with E-state index >= 15 is 8.78 Å². The SMILES string of the molecule is CCCCCCCCC1=CC=C(c2ccc(-c3ccc(C4COC(CCCCC)OC4)c(F)c3)cc2)C(F)C1F. The van der Waals surface area contributed by atoms with Crippen molar-refractivity contribution in [1.82, 2.24) is 0 Å². The van der Waals surface area contributed by atoms with E-state index in [2.05, 4.69) is 13.8 Å². The van der Waals surface area contributed by atoms with Crippen molar-refractivity contribution in [2.75, 3.05) is 13.2 Å². The number of hydrogen-bond acceptors (Lipinski definition) is 2. The van der Waals surface area contributed by atoms with Gasteiger partial charge < -0.3 is 9.47 Å². The quantitative estimate of drug-likeness (QED) is 0.216. The molecule has 0 bridgehead atoms. The molecule has 2 aromatic carbocycles. The van der Waals surface area contributed by atoms with Crippen LogP contribution < -0.4 is 0 Å². The lowest BCUT2D eigenvalue weighted by atomic mass is 9.87. The summed E-state index contributed by atoms with van der Waals surface area (Å²) in [7, 11) is 0. The summed E-state index contributed by atoms with van der Waals surface area (Å²) in [5.74, 6) is -0.420. The molecule has 1 heterocycles. The number of allylic oxidation sites excluding steroid dienone is 4. The molecule has 2 aliphatic rings. The number of unbranched alkanes of at least 4 members (excludes halogenated alkanes) is 7. The molecular formula is C35H45F3O2. The van der Waals surface area contributed by atoms with Crippen molar-refractivity contribution in [2.45, 2.75) is 109 Å². The van der Waals surface area contributed by atoms with Crippen LogP contribution in [-0.2, 0) is 9.47 Å². The van der Waals surface area contributed by atoms with E-state index in [1.54, 1.807) is 30.4 Å². The zero-order valence-corrected chi connectivity index (χ0v) is 24.1. The summed E-state index contributed by atoms with van der Waals surface area (Å²) < 4.78 is 56.8. The second-order valence-electron chi connectivity index (χ2n) is 11.3. The van der Waals surface area contributed by atoms with Crippen LogP contribution in [0.15, 0.2) is 60.2 Å². The largest absolute Gasteiger partial charge is 0.352 e. The first kappa shape index (κ1) is 30.6. The molecule has 1 saturated heterocycles. The minimum Gasteiger partial charge on any atom is -0.352 e. The molecule has 2 aromatic rings. The normalized spacial score (nSPS) is 23.1. The molecule has 1 aliphatic heterocycles. The van der Waals surface area contributed by atoms with Crippen molar-refractivity contribution in [3.05, 3.63) is 77.1 Å². The minimum absolute atomic E-state index is 0.133. The van der Waals surface area contributed by atoms with Crippen molar-refractivity contribution in [2.24, 2.45) is 0 Å². The van der Waals surface area contributed by atoms with Crippen LogP contribution in [0.5, 0.6) is 0 Å². The van der Waals surface area contributed by atoms with Crippen molar-refractivity contribution >= 4 is 5.57 Å². The molecule has 2 unspecified atom stereocenters. The summed E-state index contributed by atoms with van der Waals surface area (Å²) >= 11 is 0. The standard InChI is InChI=1S/C35H45F3O2/c1-3-5-7-8-9-11-12-27-18-21-31(35(38)34(27)37)26-16-14-25(15-17-26)28-19-20-30(32(36)22-28)29-23-39-33(40-24-29)13-10-6-4-2/h14-22,29,33-35H,3-13,23-24H2,1-2H3. The Kier molecular flexibility index (Phi) is 11.9. The van der Waals surface area contributed by atoms with Gasteiger partial charge in [-0.3, -0.25) is 0 Å². The highest BCUT2D eigenvalue weighted by Gasteiger charge is 2.31. The Morgan fingerprint density at radius 1 is 0.700 bits per heavy atom. The number of halogens is 3. The number of alkyl halides is 2. The maximum atomic E-state index is 15.1. The minimum atomic E-state index is -1.67. The summed E-state index contributed by atoms with van der Waals surface area (Å²) in [6.07, 6.45) is 11.6. The van der Waals surface area contributed by atoms with E-state index in [0.717, 1.165) is 56.1 Å². The predicted molar refractivity (Wildman–Crippen MR) is 158 cm³/mol. The smallest absolute Gasteiger partial charge is 0.161 e. The summed E-state index contributed by atoms with van der Waals surface area (Å²) in [6, 6.07) is 12.5. The Hall–Kier alpha value is -2.37. The first-order chi connectivity index (χ1) is 19.5. The van der Waals surface area contributed by atoms with Crippen LogP contribution in [0.25, 0.3) is 16.7 Å². The van der Waals surface area contributed by atoms with E-state index in [-0.39, 0.29) is 18.0 Å². The van der Waals surface area contributed by atoms with E-state index in [1.165, 1.54) is 25.3 Å². The van der Waals surface area contributed by atoms with Crippen LogP contribution in [0.1, 0.15) is 102 Å². The second kappa shape index (κ2) is 15.6. The molecular weight excluding hydrogens is 509 g/mol. The van der Waals surface area contributed by atoms with Gasteiger partial charge in [0.05, 0.1) is 13.2 Å². The van der Waals surface area contributed by atoms with E-state index < -0.39 is 12.3 Å². The van der Waals surface area contributed by atoms with Gasteiger partial charge in [0.2, 0.25) is 0 Å². The lowest BCUT2D eigenvalue weighted by Gasteiger charge is -2.30. The number of hydrogen-bond donors (Lipinski definition) is 0. The molecule has 1 fully saturated rings. The maximum absolute atomic E-state index is 15.1. The molecule has 1 aliphatic carbocycles. The topological polar surface area (TPSA) is 18.5 Å². The molecule has 2 nitrogen and oxygen atoms in total. The van der Waals surface area contributed by atoms with Crippen LogP contribution in [0.2, 0.25) is 0 Å². The summed E-state index contributed by atoms with van der Waals surface area (Å²) in [5, 5.41) is 0. The second-order valence-corrected chi connectivity index (χ2v) is 11.3. The van der Waals surface area contributed by atoms with Gasteiger partial charge in [-0.05, 0) is 65.1 Å². The average Bonchev–Trinajstić information content (AvgIpc) is 2.98. The van der Waals surface area contributed by atoms with Gasteiger partial charge in [0.25, 0.3) is 0 Å². The van der Waals surface area contributed by atoms with Crippen molar-refractivity contribution in [3.8, 4) is 11.1 Å². The lowest BCUT2D eigenvalue weighted by Crippen LogP contribution is -2.31. The highest BCUT2D eigenvalue weighted by atomic mass is 19.2. The third-order valence-corrected chi connectivity index (χ3v) is 8.21. The zero-order valence-electron chi connectivity index (χ0n) is 24.1. The van der Waals surface area contributed by atoms with Crippen LogP contribution in [0.4, 0.5) is 13.2 Å². The molecule has 0 saturated carbocycles. The molecule has 0 amide bonds. The van der Waals surface area contributed by atoms with Crippen molar-refractivity contribution < 1.29 is 22.6 Å². The zero-order chi connectivity index (χ0) is 28.3. The first-order valence-electron chi connectivity index (χ1n) is 15.3. The first-order valence-corrected chi connectivity index (χ1v) is 15.3. The Morgan fingerprint density at radius 3 is 2.02 bits per heavy atom. The van der Waals surface area contributed by atoms with Crippen LogP contribution >= 0.6 is 0 Å². The van der Waals surface area contributed by atoms with Crippen molar-refractivity contribution in [3.63, 3.8) is 0 Å². The van der Waals surface area contributed by atoms with Crippen LogP contribution in [0.3, 0.4) is 0 Å². The molecule has 5 heteroatoms. The summed E-state index contributed by atoms with van der Waals surface area (Å²) in [5.41, 5.74) is 3.72. The molecule has 0 N–H and O–H groups in total. The van der Waals surface area contributed by atoms with Gasteiger partial charge >= 0.3 is 0 Å². The predicted octanol–water partition coefficient (Wildman–Crippen LogP) is 10.3. The van der Waals surface area contributed by atoms with Crippen molar-refractivity contribution in [1.29, 1.82) is 0 Å². The highest BCUT2D eigenvalue weighted by molar-refractivity contribution is 5.75. The average molecular weight is 555 g/mol. The molecule has 0 aromatic heterocycles. The maximum Gasteiger partial charge on any atom is 0.161 e. The van der Waals surface area contributed by atoms with Crippen LogP contribution in [-0.4, -0.2) is 31.8 Å². The molecule has 0 radical (unpaired) electrons. The van der Waals surface area contributed by atoms with Gasteiger partial charge in [-0.1, -0.05) is 107 Å². The van der Waals surface area contributed by atoms with E-state index in [9.17, 15) is 4.39 Å². The van der Waals surface area contributed by atoms with Gasteiger partial charge in [-0.15, -0.1) is 0 Å². The molecule has 4 rings (SSSR count). The van der Waals surface area contributed by atoms with E-state index in [0.29, 0.717) is 41.9 Å². The number of benzene rings is 2. The number of ether oxygens (including phenoxy) is 2. The third kappa shape index (κ3) is 8.10. The monoisotopic (exact) mass is 554 g/mol. The number of rotatable bonds is 14. The Bertz CT molecular complexity index is 1120. The fourth-order valence-electron chi connectivity index (χ4n) is 5.66. The summed E-state index contributed by atoms with van der Waals surface area (Å²) in [6.45, 7) is 5.25. The van der Waals surface area contributed by atoms with E-state index in [4.69, 9.17) is 9.47 Å². The van der Waals surface area contributed by atoms with Gasteiger partial charge in [0.15, 0.2) is 18.6 Å². The Morgan fingerprint density at radius 2 is 1.32 bits per heavy atom. The highest BCUT2D eigenvalue weighted by Crippen LogP contribution is 2.35. The fourth-order valence-corrected chi connectivity index (χ4v) is 5.66. The molecule has 2 atom stereocenters.